The Balaban J connectivity index is 7.09. The highest BCUT2D eigenvalue weighted by Gasteiger charge is 2.98. The van der Waals surface area contributed by atoms with Crippen molar-refractivity contribution >= 4 is 0 Å². The first-order valence-electron chi connectivity index (χ1n) is 7.49. The van der Waals surface area contributed by atoms with Gasteiger partial charge in [-0.3, -0.25) is 0 Å². The number of halogens is 21. The van der Waals surface area contributed by atoms with E-state index < -0.39 is 72.2 Å². The molecule has 23 heteroatoms. The normalized spacial score (nSPS) is 17.6. The molecule has 0 saturated carbocycles. The smallest absolute Gasteiger partial charge is 0.393 e. The second kappa shape index (κ2) is 8.23. The van der Waals surface area contributed by atoms with Gasteiger partial charge in [-0.1, -0.05) is 0 Å². The molecule has 1 atom stereocenters. The summed E-state index contributed by atoms with van der Waals surface area (Å²) in [5.41, 5.74) is 0. The van der Waals surface area contributed by atoms with Crippen LogP contribution in [0.15, 0.2) is 0 Å². The van der Waals surface area contributed by atoms with Gasteiger partial charge in [0.1, 0.15) is 6.10 Å². The maximum atomic E-state index is 13.4. The van der Waals surface area contributed by atoms with E-state index in [1.165, 1.54) is 0 Å². The third-order valence-electron chi connectivity index (χ3n) is 4.13. The SMILES string of the molecule is OCC(O)C(F)(F)C(F)(F)C(F)(F)C(F)(F)C(F)(F)C(F)(F)C(F)(F)C(F)(F)C(F)(F)C(F)(F)F. The molecule has 2 N–H and O–H groups in total. The predicted octanol–water partition coefficient (Wildman–Crippen LogP) is 5.62. The number of rotatable bonds is 10. The van der Waals surface area contributed by atoms with Crippen molar-refractivity contribution in [3.05, 3.63) is 0 Å². The molecule has 0 aliphatic heterocycles. The number of hydrogen-bond donors (Lipinski definition) is 2. The molecule has 212 valence electrons. The second-order valence-corrected chi connectivity index (χ2v) is 6.41. The van der Waals surface area contributed by atoms with E-state index in [4.69, 9.17) is 10.2 Å². The molecule has 0 aliphatic carbocycles. The van der Waals surface area contributed by atoms with E-state index >= 15 is 0 Å². The van der Waals surface area contributed by atoms with Crippen molar-refractivity contribution in [3.63, 3.8) is 0 Å². The molecule has 0 saturated heterocycles. The fourth-order valence-corrected chi connectivity index (χ4v) is 1.89. The maximum absolute atomic E-state index is 13.4. The van der Waals surface area contributed by atoms with Crippen LogP contribution in [0.5, 0.6) is 0 Å². The molecule has 0 fully saturated rings. The van der Waals surface area contributed by atoms with Gasteiger partial charge in [0.05, 0.1) is 6.61 Å². The summed E-state index contributed by atoms with van der Waals surface area (Å²) in [6.45, 7) is -2.77. The van der Waals surface area contributed by atoms with Crippen LogP contribution in [0.4, 0.5) is 92.2 Å². The third kappa shape index (κ3) is 3.93. The van der Waals surface area contributed by atoms with Crippen molar-refractivity contribution in [1.29, 1.82) is 0 Å². The van der Waals surface area contributed by atoms with Gasteiger partial charge in [-0.05, 0) is 0 Å². The summed E-state index contributed by atoms with van der Waals surface area (Å²) in [6, 6.07) is 0. The topological polar surface area (TPSA) is 40.5 Å². The molecule has 35 heavy (non-hydrogen) atoms. The number of aliphatic hydroxyl groups is 2. The molecular formula is C12H5F21O2. The summed E-state index contributed by atoms with van der Waals surface area (Å²) in [6.07, 6.45) is -12.6. The third-order valence-corrected chi connectivity index (χ3v) is 4.13. The minimum absolute atomic E-state index is 2.77. The van der Waals surface area contributed by atoms with Crippen LogP contribution in [-0.4, -0.2) is 82.4 Å². The van der Waals surface area contributed by atoms with Crippen LogP contribution in [0.25, 0.3) is 0 Å². The average molecular weight is 580 g/mol. The molecule has 0 aliphatic rings. The Kier molecular flexibility index (Phi) is 7.87. The first kappa shape index (κ1) is 33.4. The van der Waals surface area contributed by atoms with Crippen LogP contribution < -0.4 is 0 Å². The zero-order chi connectivity index (χ0) is 29.3. The van der Waals surface area contributed by atoms with Crippen molar-refractivity contribution in [1.82, 2.24) is 0 Å². The standard InChI is InChI=1S/C12H5F21O2/c13-3(14,2(35)1-34)4(15,16)5(17,18)6(19,20)7(21,22)8(23,24)9(25,26)10(27,28)11(29,30)12(31,32)33/h2,34-35H,1H2. The summed E-state index contributed by atoms with van der Waals surface area (Å²) >= 11 is 0. The Hall–Kier alpha value is -1.55. The van der Waals surface area contributed by atoms with Crippen LogP contribution in [0.3, 0.4) is 0 Å². The highest BCUT2D eigenvalue weighted by molar-refractivity contribution is 5.18. The van der Waals surface area contributed by atoms with Crippen molar-refractivity contribution < 1.29 is 102 Å². The van der Waals surface area contributed by atoms with Gasteiger partial charge in [0.2, 0.25) is 0 Å². The summed E-state index contributed by atoms with van der Waals surface area (Å²) in [4.78, 5) is 0. The van der Waals surface area contributed by atoms with E-state index in [-0.39, 0.29) is 0 Å². The Bertz CT molecular complexity index is 765. The molecule has 0 bridgehead atoms. The summed E-state index contributed by atoms with van der Waals surface area (Å²) in [5, 5.41) is 16.3. The quantitative estimate of drug-likeness (QED) is 0.330. The van der Waals surface area contributed by atoms with E-state index in [2.05, 4.69) is 0 Å². The number of alkyl halides is 21. The molecule has 0 rings (SSSR count). The molecule has 0 aromatic heterocycles. The van der Waals surface area contributed by atoms with Gasteiger partial charge in [0, 0.05) is 0 Å². The Morgan fingerprint density at radius 1 is 0.371 bits per heavy atom. The second-order valence-electron chi connectivity index (χ2n) is 6.41. The highest BCUT2D eigenvalue weighted by Crippen LogP contribution is 2.66. The average Bonchev–Trinajstić information content (AvgIpc) is 2.64. The lowest BCUT2D eigenvalue weighted by Crippen LogP contribution is -2.77. The lowest BCUT2D eigenvalue weighted by atomic mass is 9.85. The Labute approximate surface area is 176 Å². The molecule has 0 radical (unpaired) electrons. The van der Waals surface area contributed by atoms with E-state index in [1.807, 2.05) is 0 Å². The van der Waals surface area contributed by atoms with Crippen LogP contribution in [0, 0.1) is 0 Å². The summed E-state index contributed by atoms with van der Waals surface area (Å²) in [5.74, 6) is -78.4. The highest BCUT2D eigenvalue weighted by atomic mass is 19.4. The largest absolute Gasteiger partial charge is 0.460 e. The minimum atomic E-state index is -9.24. The van der Waals surface area contributed by atoms with E-state index in [0.717, 1.165) is 0 Å². The predicted molar refractivity (Wildman–Crippen MR) is 63.7 cm³/mol. The zero-order valence-electron chi connectivity index (χ0n) is 15.1. The Morgan fingerprint density at radius 3 is 0.771 bits per heavy atom. The van der Waals surface area contributed by atoms with Crippen LogP contribution >= 0.6 is 0 Å². The molecule has 1 unspecified atom stereocenters. The fourth-order valence-electron chi connectivity index (χ4n) is 1.89. The van der Waals surface area contributed by atoms with Crippen molar-refractivity contribution in [3.8, 4) is 0 Å². The zero-order valence-corrected chi connectivity index (χ0v) is 15.1. The fraction of sp³-hybridized carbons (Fsp3) is 1.00. The van der Waals surface area contributed by atoms with Crippen LogP contribution in [-0.2, 0) is 0 Å². The summed E-state index contributed by atoms with van der Waals surface area (Å²) in [7, 11) is 0. The van der Waals surface area contributed by atoms with Crippen molar-refractivity contribution in [2.24, 2.45) is 0 Å². The molecule has 0 aromatic rings. The van der Waals surface area contributed by atoms with Gasteiger partial charge in [0.15, 0.2) is 0 Å². The van der Waals surface area contributed by atoms with Crippen molar-refractivity contribution in [2.75, 3.05) is 6.61 Å². The van der Waals surface area contributed by atoms with Crippen molar-refractivity contribution in [2.45, 2.75) is 65.6 Å². The van der Waals surface area contributed by atoms with E-state index in [1.54, 1.807) is 0 Å². The lowest BCUT2D eigenvalue weighted by Gasteiger charge is -2.44. The number of hydrogen-bond acceptors (Lipinski definition) is 2. The molecular weight excluding hydrogens is 575 g/mol. The van der Waals surface area contributed by atoms with Crippen LogP contribution in [0.1, 0.15) is 0 Å². The molecule has 0 spiro atoms. The lowest BCUT2D eigenvalue weighted by molar-refractivity contribution is -0.475. The van der Waals surface area contributed by atoms with Gasteiger partial charge < -0.3 is 10.2 Å². The molecule has 0 heterocycles. The van der Waals surface area contributed by atoms with Gasteiger partial charge >= 0.3 is 59.5 Å². The van der Waals surface area contributed by atoms with Gasteiger partial charge in [-0.15, -0.1) is 0 Å². The molecule has 2 nitrogen and oxygen atoms in total. The Morgan fingerprint density at radius 2 is 0.571 bits per heavy atom. The van der Waals surface area contributed by atoms with Gasteiger partial charge in [0.25, 0.3) is 0 Å². The van der Waals surface area contributed by atoms with Gasteiger partial charge in [-0.2, -0.15) is 92.2 Å². The van der Waals surface area contributed by atoms with E-state index in [9.17, 15) is 92.2 Å². The number of aliphatic hydroxyl groups excluding tert-OH is 2. The van der Waals surface area contributed by atoms with Crippen LogP contribution in [0.2, 0.25) is 0 Å². The van der Waals surface area contributed by atoms with Gasteiger partial charge in [-0.25, -0.2) is 0 Å². The molecule has 0 amide bonds. The molecule has 0 aromatic carbocycles. The monoisotopic (exact) mass is 580 g/mol. The summed E-state index contributed by atoms with van der Waals surface area (Å²) < 4.78 is 273. The first-order valence-corrected chi connectivity index (χ1v) is 7.49. The minimum Gasteiger partial charge on any atom is -0.393 e. The first-order chi connectivity index (χ1) is 14.7. The maximum Gasteiger partial charge on any atom is 0.460 e. The van der Waals surface area contributed by atoms with E-state index in [0.29, 0.717) is 0 Å².